The third kappa shape index (κ3) is 2.98. The number of nitrogens with one attached hydrogen (secondary N) is 1. The first kappa shape index (κ1) is 12.8. The molecular formula is C13H19N3O2. The number of hydrogen-bond donors (Lipinski definition) is 2. The molecular weight excluding hydrogens is 230 g/mol. The zero-order valence-electron chi connectivity index (χ0n) is 10.6. The van der Waals surface area contributed by atoms with Crippen LogP contribution in [0.2, 0.25) is 0 Å². The van der Waals surface area contributed by atoms with Crippen LogP contribution in [0.4, 0.5) is 5.82 Å². The molecule has 98 valence electrons. The van der Waals surface area contributed by atoms with Gasteiger partial charge in [-0.2, -0.15) is 0 Å². The smallest absolute Gasteiger partial charge is 0.255 e. The van der Waals surface area contributed by atoms with Crippen LogP contribution in [0.25, 0.3) is 0 Å². The summed E-state index contributed by atoms with van der Waals surface area (Å²) in [6, 6.07) is 3.59. The number of amides is 1. The predicted octanol–water partition coefficient (Wildman–Crippen LogP) is 1.11. The molecule has 1 aliphatic rings. The van der Waals surface area contributed by atoms with Gasteiger partial charge in [-0.25, -0.2) is 4.98 Å². The second-order valence-electron chi connectivity index (χ2n) is 4.55. The van der Waals surface area contributed by atoms with E-state index < -0.39 is 0 Å². The normalized spacial score (nSPS) is 19.0. The number of nitrogens with zero attached hydrogens (tertiary/aromatic N) is 2. The van der Waals surface area contributed by atoms with E-state index in [0.717, 1.165) is 18.8 Å². The lowest BCUT2D eigenvalue weighted by Gasteiger charge is -2.15. The highest BCUT2D eigenvalue weighted by molar-refractivity contribution is 5.94. The van der Waals surface area contributed by atoms with E-state index in [1.165, 1.54) is 0 Å². The SMILES string of the molecule is CCCNc1ccc(C(=O)N2CCC(O)C2)cn1. The summed E-state index contributed by atoms with van der Waals surface area (Å²) in [7, 11) is 0. The van der Waals surface area contributed by atoms with Gasteiger partial charge in [0.25, 0.3) is 5.91 Å². The van der Waals surface area contributed by atoms with E-state index in [9.17, 15) is 9.90 Å². The topological polar surface area (TPSA) is 65.5 Å². The number of rotatable bonds is 4. The number of aliphatic hydroxyl groups excluding tert-OH is 1. The second-order valence-corrected chi connectivity index (χ2v) is 4.55. The molecule has 18 heavy (non-hydrogen) atoms. The van der Waals surface area contributed by atoms with Crippen LogP contribution in [0, 0.1) is 0 Å². The Morgan fingerprint density at radius 3 is 3.00 bits per heavy atom. The summed E-state index contributed by atoms with van der Waals surface area (Å²) in [6.07, 6.45) is 2.90. The first-order valence-corrected chi connectivity index (χ1v) is 6.38. The highest BCUT2D eigenvalue weighted by atomic mass is 16.3. The average molecular weight is 249 g/mol. The largest absolute Gasteiger partial charge is 0.391 e. The standard InChI is InChI=1S/C13H19N3O2/c1-2-6-14-12-4-3-10(8-15-12)13(18)16-7-5-11(17)9-16/h3-4,8,11,17H,2,5-7,9H2,1H3,(H,14,15). The molecule has 0 aromatic carbocycles. The Balaban J connectivity index is 1.98. The van der Waals surface area contributed by atoms with Gasteiger partial charge in [-0.3, -0.25) is 4.79 Å². The van der Waals surface area contributed by atoms with Crippen LogP contribution in [-0.4, -0.2) is 46.6 Å². The van der Waals surface area contributed by atoms with Gasteiger partial charge >= 0.3 is 0 Å². The Morgan fingerprint density at radius 1 is 1.61 bits per heavy atom. The minimum absolute atomic E-state index is 0.0545. The minimum atomic E-state index is -0.382. The number of aromatic nitrogens is 1. The summed E-state index contributed by atoms with van der Waals surface area (Å²) >= 11 is 0. The number of likely N-dealkylation sites (tertiary alicyclic amines) is 1. The van der Waals surface area contributed by atoms with Gasteiger partial charge in [-0.15, -0.1) is 0 Å². The van der Waals surface area contributed by atoms with Crippen molar-refractivity contribution in [1.82, 2.24) is 9.88 Å². The van der Waals surface area contributed by atoms with Crippen LogP contribution in [-0.2, 0) is 0 Å². The number of anilines is 1. The van der Waals surface area contributed by atoms with E-state index in [2.05, 4.69) is 17.2 Å². The highest BCUT2D eigenvalue weighted by Crippen LogP contribution is 2.14. The zero-order chi connectivity index (χ0) is 13.0. The van der Waals surface area contributed by atoms with Gasteiger partial charge in [0.1, 0.15) is 5.82 Å². The number of β-amino-alcohol motifs (C(OH)–C–C–N with tert-alkyl or cyclic N) is 1. The lowest BCUT2D eigenvalue weighted by molar-refractivity contribution is 0.0764. The Kier molecular flexibility index (Phi) is 4.15. The molecule has 1 atom stereocenters. The fraction of sp³-hybridized carbons (Fsp3) is 0.538. The molecule has 1 amide bonds. The van der Waals surface area contributed by atoms with E-state index in [-0.39, 0.29) is 12.0 Å². The number of pyridine rings is 1. The quantitative estimate of drug-likeness (QED) is 0.839. The third-order valence-corrected chi connectivity index (χ3v) is 3.02. The summed E-state index contributed by atoms with van der Waals surface area (Å²) in [4.78, 5) is 17.9. The van der Waals surface area contributed by atoms with E-state index in [4.69, 9.17) is 0 Å². The fourth-order valence-electron chi connectivity index (χ4n) is 1.99. The lowest BCUT2D eigenvalue weighted by Crippen LogP contribution is -2.29. The third-order valence-electron chi connectivity index (χ3n) is 3.02. The van der Waals surface area contributed by atoms with Gasteiger partial charge in [0, 0.05) is 25.8 Å². The van der Waals surface area contributed by atoms with Gasteiger partial charge in [0.15, 0.2) is 0 Å². The summed E-state index contributed by atoms with van der Waals surface area (Å²) in [5, 5.41) is 12.6. The zero-order valence-corrected chi connectivity index (χ0v) is 10.6. The van der Waals surface area contributed by atoms with Crippen LogP contribution in [0.5, 0.6) is 0 Å². The van der Waals surface area contributed by atoms with Gasteiger partial charge in [0.05, 0.1) is 11.7 Å². The van der Waals surface area contributed by atoms with E-state index in [0.29, 0.717) is 25.1 Å². The van der Waals surface area contributed by atoms with Gasteiger partial charge < -0.3 is 15.3 Å². The molecule has 0 aliphatic carbocycles. The molecule has 1 unspecified atom stereocenters. The maximum Gasteiger partial charge on any atom is 0.255 e. The number of aliphatic hydroxyl groups is 1. The molecule has 2 heterocycles. The van der Waals surface area contributed by atoms with Crippen molar-refractivity contribution in [3.63, 3.8) is 0 Å². The Morgan fingerprint density at radius 2 is 2.44 bits per heavy atom. The molecule has 0 saturated carbocycles. The molecule has 0 radical (unpaired) electrons. The van der Waals surface area contributed by atoms with Crippen LogP contribution < -0.4 is 5.32 Å². The van der Waals surface area contributed by atoms with Crippen molar-refractivity contribution in [3.8, 4) is 0 Å². The van der Waals surface area contributed by atoms with Crippen molar-refractivity contribution < 1.29 is 9.90 Å². The van der Waals surface area contributed by atoms with E-state index >= 15 is 0 Å². The Bertz CT molecular complexity index is 405. The van der Waals surface area contributed by atoms with E-state index in [1.807, 2.05) is 6.07 Å². The monoisotopic (exact) mass is 249 g/mol. The summed E-state index contributed by atoms with van der Waals surface area (Å²) in [6.45, 7) is 4.01. The first-order valence-electron chi connectivity index (χ1n) is 6.38. The summed E-state index contributed by atoms with van der Waals surface area (Å²) in [5.74, 6) is 0.732. The first-order chi connectivity index (χ1) is 8.70. The molecule has 0 bridgehead atoms. The second kappa shape index (κ2) is 5.82. The van der Waals surface area contributed by atoms with Crippen LogP contribution in [0.1, 0.15) is 30.1 Å². The van der Waals surface area contributed by atoms with E-state index in [1.54, 1.807) is 17.2 Å². The lowest BCUT2D eigenvalue weighted by atomic mass is 10.2. The van der Waals surface area contributed by atoms with Crippen molar-refractivity contribution >= 4 is 11.7 Å². The molecule has 2 N–H and O–H groups in total. The molecule has 2 rings (SSSR count). The molecule has 5 nitrogen and oxygen atoms in total. The van der Waals surface area contributed by atoms with Crippen molar-refractivity contribution in [2.45, 2.75) is 25.9 Å². The Labute approximate surface area is 107 Å². The average Bonchev–Trinajstić information content (AvgIpc) is 2.83. The molecule has 1 saturated heterocycles. The van der Waals surface area contributed by atoms with Crippen LogP contribution in [0.15, 0.2) is 18.3 Å². The van der Waals surface area contributed by atoms with Gasteiger partial charge in [-0.1, -0.05) is 6.92 Å². The van der Waals surface area contributed by atoms with Crippen molar-refractivity contribution in [2.75, 3.05) is 25.0 Å². The predicted molar refractivity (Wildman–Crippen MR) is 69.5 cm³/mol. The minimum Gasteiger partial charge on any atom is -0.391 e. The number of hydrogen-bond acceptors (Lipinski definition) is 4. The highest BCUT2D eigenvalue weighted by Gasteiger charge is 2.25. The molecule has 1 fully saturated rings. The summed E-state index contributed by atoms with van der Waals surface area (Å²) in [5.41, 5.74) is 0.575. The summed E-state index contributed by atoms with van der Waals surface area (Å²) < 4.78 is 0. The number of carbonyl (C=O) groups excluding carboxylic acids is 1. The maximum atomic E-state index is 12.1. The van der Waals surface area contributed by atoms with Crippen molar-refractivity contribution in [3.05, 3.63) is 23.9 Å². The molecule has 5 heteroatoms. The molecule has 1 aromatic rings. The Hall–Kier alpha value is -1.62. The van der Waals surface area contributed by atoms with Gasteiger partial charge in [-0.05, 0) is 25.0 Å². The van der Waals surface area contributed by atoms with Gasteiger partial charge in [0.2, 0.25) is 0 Å². The van der Waals surface area contributed by atoms with Crippen LogP contribution >= 0.6 is 0 Å². The molecule has 1 aromatic heterocycles. The molecule has 1 aliphatic heterocycles. The fourth-order valence-corrected chi connectivity index (χ4v) is 1.99. The van der Waals surface area contributed by atoms with Crippen LogP contribution in [0.3, 0.4) is 0 Å². The maximum absolute atomic E-state index is 12.1. The molecule has 0 spiro atoms. The van der Waals surface area contributed by atoms with Crippen molar-refractivity contribution in [2.24, 2.45) is 0 Å². The van der Waals surface area contributed by atoms with Crippen molar-refractivity contribution in [1.29, 1.82) is 0 Å². The number of carbonyl (C=O) groups is 1.